The Morgan fingerprint density at radius 1 is 1.44 bits per heavy atom. The summed E-state index contributed by atoms with van der Waals surface area (Å²) in [7, 11) is 0. The highest BCUT2D eigenvalue weighted by atomic mass is 16.2. The van der Waals surface area contributed by atoms with Crippen LogP contribution < -0.4 is 16.2 Å². The second kappa shape index (κ2) is 5.58. The van der Waals surface area contributed by atoms with E-state index in [4.69, 9.17) is 0 Å². The van der Waals surface area contributed by atoms with Crippen molar-refractivity contribution in [3.8, 4) is 0 Å². The van der Waals surface area contributed by atoms with E-state index in [0.717, 1.165) is 5.69 Å². The van der Waals surface area contributed by atoms with E-state index in [1.54, 1.807) is 6.20 Å². The minimum Gasteiger partial charge on any atom is -0.308 e. The number of hydrazine groups is 1. The van der Waals surface area contributed by atoms with Gasteiger partial charge in [0.15, 0.2) is 0 Å². The third kappa shape index (κ3) is 4.13. The van der Waals surface area contributed by atoms with E-state index in [1.807, 2.05) is 0 Å². The number of hydrogen-bond donors (Lipinski definition) is 3. The Hall–Kier alpha value is -1.96. The van der Waals surface area contributed by atoms with Crippen molar-refractivity contribution in [2.24, 2.45) is 0 Å². The summed E-state index contributed by atoms with van der Waals surface area (Å²) in [6, 6.07) is 0.609. The third-order valence-electron chi connectivity index (χ3n) is 2.42. The van der Waals surface area contributed by atoms with Crippen LogP contribution >= 0.6 is 0 Å². The van der Waals surface area contributed by atoms with E-state index < -0.39 is 0 Å². The molecule has 1 heterocycles. The lowest BCUT2D eigenvalue weighted by Gasteiger charge is -2.03. The van der Waals surface area contributed by atoms with Crippen molar-refractivity contribution >= 4 is 11.8 Å². The fourth-order valence-electron chi connectivity index (χ4n) is 1.38. The van der Waals surface area contributed by atoms with E-state index >= 15 is 0 Å². The fourth-order valence-corrected chi connectivity index (χ4v) is 1.38. The van der Waals surface area contributed by atoms with Crippen LogP contribution in [0.15, 0.2) is 6.20 Å². The molecule has 8 heteroatoms. The molecule has 0 spiro atoms. The molecule has 0 bridgehead atoms. The molecule has 2 amide bonds. The van der Waals surface area contributed by atoms with Gasteiger partial charge in [-0.1, -0.05) is 5.21 Å². The van der Waals surface area contributed by atoms with Crippen LogP contribution in [0.2, 0.25) is 0 Å². The molecule has 2 rings (SSSR count). The van der Waals surface area contributed by atoms with Crippen molar-refractivity contribution in [1.29, 1.82) is 0 Å². The Morgan fingerprint density at radius 3 is 2.89 bits per heavy atom. The molecule has 1 aliphatic rings. The molecule has 0 aliphatic heterocycles. The van der Waals surface area contributed by atoms with Gasteiger partial charge in [0.05, 0.1) is 11.9 Å². The van der Waals surface area contributed by atoms with Crippen LogP contribution in [0, 0.1) is 0 Å². The second-order valence-electron chi connectivity index (χ2n) is 4.29. The van der Waals surface area contributed by atoms with Crippen LogP contribution in [-0.2, 0) is 22.7 Å². The molecular formula is C10H16N6O2. The van der Waals surface area contributed by atoms with Crippen LogP contribution in [0.3, 0.4) is 0 Å². The molecule has 1 aromatic heterocycles. The first-order valence-corrected chi connectivity index (χ1v) is 5.81. The van der Waals surface area contributed by atoms with Gasteiger partial charge in [0.25, 0.3) is 5.91 Å². The van der Waals surface area contributed by atoms with Gasteiger partial charge in [0.2, 0.25) is 5.91 Å². The molecule has 0 atom stereocenters. The predicted molar refractivity (Wildman–Crippen MR) is 61.8 cm³/mol. The predicted octanol–water partition coefficient (Wildman–Crippen LogP) is -1.30. The van der Waals surface area contributed by atoms with Crippen molar-refractivity contribution in [1.82, 2.24) is 31.2 Å². The molecule has 8 nitrogen and oxygen atoms in total. The van der Waals surface area contributed by atoms with Gasteiger partial charge in [-0.05, 0) is 12.8 Å². The summed E-state index contributed by atoms with van der Waals surface area (Å²) in [6.07, 6.45) is 4.14. The number of carbonyl (C=O) groups is 2. The lowest BCUT2D eigenvalue weighted by molar-refractivity contribution is -0.128. The number of nitrogens with zero attached hydrogens (tertiary/aromatic N) is 3. The number of hydrogen-bond acceptors (Lipinski definition) is 5. The number of nitrogens with one attached hydrogen (secondary N) is 3. The van der Waals surface area contributed by atoms with E-state index in [2.05, 4.69) is 26.5 Å². The molecule has 18 heavy (non-hydrogen) atoms. The molecule has 0 aromatic carbocycles. The Labute approximate surface area is 104 Å². The van der Waals surface area contributed by atoms with Crippen molar-refractivity contribution in [3.63, 3.8) is 0 Å². The zero-order valence-electron chi connectivity index (χ0n) is 10.1. The van der Waals surface area contributed by atoms with Crippen LogP contribution in [0.4, 0.5) is 0 Å². The molecule has 1 fully saturated rings. The van der Waals surface area contributed by atoms with Gasteiger partial charge in [0, 0.05) is 19.5 Å². The minimum absolute atomic E-state index is 0.0245. The summed E-state index contributed by atoms with van der Waals surface area (Å²) < 4.78 is 1.43. The average Bonchev–Trinajstić information content (AvgIpc) is 3.05. The van der Waals surface area contributed by atoms with Crippen LogP contribution in [0.1, 0.15) is 25.5 Å². The Bertz CT molecular complexity index is 439. The summed E-state index contributed by atoms with van der Waals surface area (Å²) in [4.78, 5) is 22.0. The molecule has 0 saturated heterocycles. The quantitative estimate of drug-likeness (QED) is 0.565. The SMILES string of the molecule is CC(=O)NNC(=O)Cn1cc(CNC2CC2)nn1. The van der Waals surface area contributed by atoms with Gasteiger partial charge in [-0.3, -0.25) is 20.4 Å². The first kappa shape index (κ1) is 12.5. The molecule has 0 unspecified atom stereocenters. The molecule has 0 radical (unpaired) electrons. The van der Waals surface area contributed by atoms with Gasteiger partial charge in [-0.15, -0.1) is 5.10 Å². The maximum atomic E-state index is 11.4. The zero-order valence-corrected chi connectivity index (χ0v) is 10.1. The van der Waals surface area contributed by atoms with Gasteiger partial charge < -0.3 is 5.32 Å². The lowest BCUT2D eigenvalue weighted by Crippen LogP contribution is -2.42. The van der Waals surface area contributed by atoms with E-state index in [1.165, 1.54) is 24.4 Å². The van der Waals surface area contributed by atoms with E-state index in [0.29, 0.717) is 12.6 Å². The van der Waals surface area contributed by atoms with E-state index in [9.17, 15) is 9.59 Å². The highest BCUT2D eigenvalue weighted by Gasteiger charge is 2.20. The topological polar surface area (TPSA) is 101 Å². The van der Waals surface area contributed by atoms with Crippen molar-refractivity contribution in [2.45, 2.75) is 38.9 Å². The highest BCUT2D eigenvalue weighted by molar-refractivity contribution is 5.80. The normalized spacial score (nSPS) is 14.3. The van der Waals surface area contributed by atoms with Gasteiger partial charge in [-0.25, -0.2) is 4.68 Å². The number of amides is 2. The van der Waals surface area contributed by atoms with Crippen molar-refractivity contribution in [2.75, 3.05) is 0 Å². The fraction of sp³-hybridized carbons (Fsp3) is 0.600. The molecule has 98 valence electrons. The maximum absolute atomic E-state index is 11.4. The summed E-state index contributed by atoms with van der Waals surface area (Å²) in [6.45, 7) is 2.01. The largest absolute Gasteiger partial charge is 0.308 e. The standard InChI is InChI=1S/C10H16N6O2/c1-7(17)12-14-10(18)6-16-5-9(13-15-16)4-11-8-2-3-8/h5,8,11H,2-4,6H2,1H3,(H,12,17)(H,14,18). The lowest BCUT2D eigenvalue weighted by atomic mass is 10.4. The molecule has 1 saturated carbocycles. The number of rotatable bonds is 5. The van der Waals surface area contributed by atoms with Crippen molar-refractivity contribution in [3.05, 3.63) is 11.9 Å². The monoisotopic (exact) mass is 252 g/mol. The smallest absolute Gasteiger partial charge is 0.260 e. The second-order valence-corrected chi connectivity index (χ2v) is 4.29. The summed E-state index contributed by atoms with van der Waals surface area (Å²) in [5.74, 6) is -0.673. The maximum Gasteiger partial charge on any atom is 0.260 e. The molecule has 3 N–H and O–H groups in total. The highest BCUT2D eigenvalue weighted by Crippen LogP contribution is 2.18. The average molecular weight is 252 g/mol. The minimum atomic E-state index is -0.350. The van der Waals surface area contributed by atoms with Gasteiger partial charge in [-0.2, -0.15) is 0 Å². The Kier molecular flexibility index (Phi) is 3.88. The first-order chi connectivity index (χ1) is 8.63. The summed E-state index contributed by atoms with van der Waals surface area (Å²) in [5.41, 5.74) is 5.27. The molecule has 1 aromatic rings. The molecule has 1 aliphatic carbocycles. The first-order valence-electron chi connectivity index (χ1n) is 5.81. The van der Waals surface area contributed by atoms with Crippen LogP contribution in [0.5, 0.6) is 0 Å². The van der Waals surface area contributed by atoms with E-state index in [-0.39, 0.29) is 18.4 Å². The Morgan fingerprint density at radius 2 is 2.22 bits per heavy atom. The Balaban J connectivity index is 1.74. The number of aromatic nitrogens is 3. The number of carbonyl (C=O) groups excluding carboxylic acids is 2. The summed E-state index contributed by atoms with van der Waals surface area (Å²) >= 11 is 0. The molecular weight excluding hydrogens is 236 g/mol. The third-order valence-corrected chi connectivity index (χ3v) is 2.42. The summed E-state index contributed by atoms with van der Waals surface area (Å²) in [5, 5.41) is 11.1. The van der Waals surface area contributed by atoms with Crippen LogP contribution in [0.25, 0.3) is 0 Å². The van der Waals surface area contributed by atoms with Gasteiger partial charge in [0.1, 0.15) is 6.54 Å². The van der Waals surface area contributed by atoms with Crippen molar-refractivity contribution < 1.29 is 9.59 Å². The van der Waals surface area contributed by atoms with Crippen LogP contribution in [-0.4, -0.2) is 32.9 Å². The zero-order chi connectivity index (χ0) is 13.0. The van der Waals surface area contributed by atoms with Gasteiger partial charge >= 0.3 is 0 Å².